The van der Waals surface area contributed by atoms with Crippen LogP contribution in [0.5, 0.6) is 0 Å². The average Bonchev–Trinajstić information content (AvgIpc) is 2.61. The molecule has 0 N–H and O–H groups in total. The van der Waals surface area contributed by atoms with E-state index in [4.69, 9.17) is 0 Å². The third kappa shape index (κ3) is 4.30. The maximum Gasteiger partial charge on any atom is 0.243 e. The summed E-state index contributed by atoms with van der Waals surface area (Å²) in [5, 5.41) is 0. The number of nitrogens with zero attached hydrogens (tertiary/aromatic N) is 2. The monoisotopic (exact) mass is 322 g/mol. The minimum atomic E-state index is -0.0877. The van der Waals surface area contributed by atoms with Gasteiger partial charge < -0.3 is 0 Å². The zero-order chi connectivity index (χ0) is 16.8. The first-order valence-corrected chi connectivity index (χ1v) is 8.36. The van der Waals surface area contributed by atoms with E-state index < -0.39 is 0 Å². The van der Waals surface area contributed by atoms with Crippen molar-refractivity contribution in [3.05, 3.63) is 71.8 Å². The van der Waals surface area contributed by atoms with E-state index in [9.17, 15) is 9.59 Å². The van der Waals surface area contributed by atoms with Crippen LogP contribution < -0.4 is 0 Å². The molecule has 2 amide bonds. The molecule has 0 saturated carbocycles. The Morgan fingerprint density at radius 1 is 0.667 bits per heavy atom. The van der Waals surface area contributed by atoms with E-state index in [0.717, 1.165) is 18.5 Å². The first-order chi connectivity index (χ1) is 11.7. The lowest BCUT2D eigenvalue weighted by Crippen LogP contribution is -2.54. The van der Waals surface area contributed by atoms with Crippen molar-refractivity contribution in [3.63, 3.8) is 0 Å². The molecule has 2 aromatic carbocycles. The molecule has 1 aliphatic rings. The Balaban J connectivity index is 1.50. The summed E-state index contributed by atoms with van der Waals surface area (Å²) >= 11 is 0. The van der Waals surface area contributed by atoms with Crippen LogP contribution in [0.4, 0.5) is 0 Å². The Bertz CT molecular complexity index is 667. The van der Waals surface area contributed by atoms with Gasteiger partial charge in [-0.05, 0) is 24.0 Å². The van der Waals surface area contributed by atoms with Gasteiger partial charge in [0.25, 0.3) is 0 Å². The number of amides is 2. The molecule has 0 atom stereocenters. The molecule has 1 saturated heterocycles. The topological polar surface area (TPSA) is 40.6 Å². The normalized spacial score (nSPS) is 15.8. The highest BCUT2D eigenvalue weighted by molar-refractivity contribution is 5.99. The van der Waals surface area contributed by atoms with Crippen molar-refractivity contribution in [2.24, 2.45) is 0 Å². The molecular formula is C20H22N2O2. The molecule has 0 aromatic heterocycles. The van der Waals surface area contributed by atoms with Crippen molar-refractivity contribution < 1.29 is 9.59 Å². The van der Waals surface area contributed by atoms with Gasteiger partial charge in [0.15, 0.2) is 0 Å². The molecule has 4 nitrogen and oxygen atoms in total. The number of carbonyl (C=O) groups is 2. The Labute approximate surface area is 142 Å². The lowest BCUT2D eigenvalue weighted by atomic mass is 10.1. The number of imide groups is 1. The quantitative estimate of drug-likeness (QED) is 0.765. The molecule has 0 spiro atoms. The van der Waals surface area contributed by atoms with Crippen LogP contribution in [-0.2, 0) is 22.4 Å². The summed E-state index contributed by atoms with van der Waals surface area (Å²) in [6.07, 6.45) is 1.56. The summed E-state index contributed by atoms with van der Waals surface area (Å²) < 4.78 is 0. The fourth-order valence-corrected chi connectivity index (χ4v) is 2.97. The highest BCUT2D eigenvalue weighted by Crippen LogP contribution is 2.09. The number of carbonyl (C=O) groups excluding carboxylic acids is 2. The maximum absolute atomic E-state index is 12.3. The highest BCUT2D eigenvalue weighted by Gasteiger charge is 2.30. The Hall–Kier alpha value is -2.46. The molecule has 0 radical (unpaired) electrons. The van der Waals surface area contributed by atoms with Gasteiger partial charge >= 0.3 is 0 Å². The van der Waals surface area contributed by atoms with Gasteiger partial charge in [-0.3, -0.25) is 19.4 Å². The second-order valence-electron chi connectivity index (χ2n) is 6.12. The van der Waals surface area contributed by atoms with E-state index >= 15 is 0 Å². The first-order valence-electron chi connectivity index (χ1n) is 8.36. The second-order valence-corrected chi connectivity index (χ2v) is 6.12. The van der Waals surface area contributed by atoms with Gasteiger partial charge in [-0.25, -0.2) is 0 Å². The predicted molar refractivity (Wildman–Crippen MR) is 93.5 cm³/mol. The predicted octanol–water partition coefficient (Wildman–Crippen LogP) is 2.14. The van der Waals surface area contributed by atoms with Crippen LogP contribution in [0, 0.1) is 0 Å². The summed E-state index contributed by atoms with van der Waals surface area (Å²) in [5.41, 5.74) is 2.37. The van der Waals surface area contributed by atoms with Gasteiger partial charge in [0, 0.05) is 13.1 Å². The van der Waals surface area contributed by atoms with Gasteiger partial charge in [-0.15, -0.1) is 0 Å². The Morgan fingerprint density at radius 3 is 1.62 bits per heavy atom. The van der Waals surface area contributed by atoms with E-state index in [1.807, 2.05) is 53.4 Å². The fraction of sp³-hybridized carbons (Fsp3) is 0.300. The third-order valence-electron chi connectivity index (χ3n) is 4.35. The summed E-state index contributed by atoms with van der Waals surface area (Å²) in [6.45, 7) is 1.85. The van der Waals surface area contributed by atoms with E-state index in [2.05, 4.69) is 12.1 Å². The molecule has 0 aliphatic carbocycles. The number of hydrogen-bond acceptors (Lipinski definition) is 3. The standard InChI is InChI=1S/C20H22N2O2/c23-19-15-21(13-11-17-7-3-1-4-8-17)16-20(24)22(19)14-12-18-9-5-2-6-10-18/h1-10H,11-16H2. The lowest BCUT2D eigenvalue weighted by Gasteiger charge is -2.32. The van der Waals surface area contributed by atoms with Crippen LogP contribution in [0.2, 0.25) is 0 Å². The van der Waals surface area contributed by atoms with Crippen molar-refractivity contribution in [2.75, 3.05) is 26.2 Å². The smallest absolute Gasteiger partial charge is 0.243 e. The van der Waals surface area contributed by atoms with E-state index in [1.165, 1.54) is 10.5 Å². The molecule has 1 heterocycles. The van der Waals surface area contributed by atoms with Crippen LogP contribution in [0.25, 0.3) is 0 Å². The summed E-state index contributed by atoms with van der Waals surface area (Å²) in [4.78, 5) is 28.0. The molecule has 0 bridgehead atoms. The van der Waals surface area contributed by atoms with Crippen molar-refractivity contribution in [1.29, 1.82) is 0 Å². The molecule has 124 valence electrons. The fourth-order valence-electron chi connectivity index (χ4n) is 2.97. The lowest BCUT2D eigenvalue weighted by molar-refractivity contribution is -0.151. The number of benzene rings is 2. The average molecular weight is 322 g/mol. The number of hydrogen-bond donors (Lipinski definition) is 0. The highest BCUT2D eigenvalue weighted by atomic mass is 16.2. The van der Waals surface area contributed by atoms with Crippen molar-refractivity contribution in [3.8, 4) is 0 Å². The summed E-state index contributed by atoms with van der Waals surface area (Å²) in [7, 11) is 0. The molecule has 1 fully saturated rings. The van der Waals surface area contributed by atoms with E-state index in [-0.39, 0.29) is 11.8 Å². The van der Waals surface area contributed by atoms with Gasteiger partial charge in [-0.1, -0.05) is 60.7 Å². The second kappa shape index (κ2) is 7.88. The van der Waals surface area contributed by atoms with Gasteiger partial charge in [-0.2, -0.15) is 0 Å². The minimum absolute atomic E-state index is 0.0877. The van der Waals surface area contributed by atoms with Gasteiger partial charge in [0.2, 0.25) is 11.8 Å². The van der Waals surface area contributed by atoms with Crippen molar-refractivity contribution >= 4 is 11.8 Å². The Morgan fingerprint density at radius 2 is 1.12 bits per heavy atom. The van der Waals surface area contributed by atoms with Crippen LogP contribution >= 0.6 is 0 Å². The number of piperazine rings is 1. The summed E-state index contributed by atoms with van der Waals surface area (Å²) in [6, 6.07) is 20.1. The van der Waals surface area contributed by atoms with Crippen LogP contribution in [-0.4, -0.2) is 47.8 Å². The maximum atomic E-state index is 12.3. The molecule has 24 heavy (non-hydrogen) atoms. The third-order valence-corrected chi connectivity index (χ3v) is 4.35. The van der Waals surface area contributed by atoms with Crippen molar-refractivity contribution in [2.45, 2.75) is 12.8 Å². The molecular weight excluding hydrogens is 300 g/mol. The zero-order valence-electron chi connectivity index (χ0n) is 13.7. The Kier molecular flexibility index (Phi) is 5.39. The molecule has 2 aromatic rings. The molecule has 1 aliphatic heterocycles. The number of rotatable bonds is 6. The molecule has 3 rings (SSSR count). The summed E-state index contributed by atoms with van der Waals surface area (Å²) in [5.74, 6) is -0.175. The van der Waals surface area contributed by atoms with E-state index in [0.29, 0.717) is 26.1 Å². The van der Waals surface area contributed by atoms with Crippen LogP contribution in [0.15, 0.2) is 60.7 Å². The van der Waals surface area contributed by atoms with E-state index in [1.54, 1.807) is 0 Å². The molecule has 4 heteroatoms. The van der Waals surface area contributed by atoms with Gasteiger partial charge in [0.05, 0.1) is 13.1 Å². The van der Waals surface area contributed by atoms with Crippen LogP contribution in [0.1, 0.15) is 11.1 Å². The zero-order valence-corrected chi connectivity index (χ0v) is 13.7. The SMILES string of the molecule is O=C1CN(CCc2ccccc2)CC(=O)N1CCc1ccccc1. The minimum Gasteiger partial charge on any atom is -0.285 e. The van der Waals surface area contributed by atoms with Crippen molar-refractivity contribution in [1.82, 2.24) is 9.80 Å². The largest absolute Gasteiger partial charge is 0.285 e. The first kappa shape index (κ1) is 16.4. The molecule has 0 unspecified atom stereocenters. The van der Waals surface area contributed by atoms with Crippen LogP contribution in [0.3, 0.4) is 0 Å². The van der Waals surface area contributed by atoms with Gasteiger partial charge in [0.1, 0.15) is 0 Å².